The van der Waals surface area contributed by atoms with Gasteiger partial charge in [-0.05, 0) is 67.5 Å². The zero-order chi connectivity index (χ0) is 21.8. The number of halogens is 1. The highest BCUT2D eigenvalue weighted by Gasteiger charge is 2.40. The number of hydrogen-bond acceptors (Lipinski definition) is 4. The monoisotopic (exact) mass is 426 g/mol. The molecule has 2 atom stereocenters. The molecule has 0 unspecified atom stereocenters. The van der Waals surface area contributed by atoms with Crippen molar-refractivity contribution in [2.75, 3.05) is 38.7 Å². The highest BCUT2D eigenvalue weighted by molar-refractivity contribution is 5.94. The number of anilines is 1. The molecule has 0 radical (unpaired) electrons. The van der Waals surface area contributed by atoms with E-state index in [1.54, 1.807) is 19.2 Å². The number of fused-ring (bicyclic) bond motifs is 1. The molecule has 1 N–H and O–H groups in total. The number of ether oxygens (including phenoxy) is 2. The Hall–Kier alpha value is -2.60. The number of nitrogens with one attached hydrogen (secondary N) is 1. The third-order valence-corrected chi connectivity index (χ3v) is 6.32. The first kappa shape index (κ1) is 21.6. The number of methoxy groups -OCH3 is 1. The van der Waals surface area contributed by atoms with Gasteiger partial charge < -0.3 is 19.7 Å². The summed E-state index contributed by atoms with van der Waals surface area (Å²) in [6, 6.07) is 10.7. The largest absolute Gasteiger partial charge is 0.496 e. The van der Waals surface area contributed by atoms with Gasteiger partial charge in [-0.15, -0.1) is 0 Å². The summed E-state index contributed by atoms with van der Waals surface area (Å²) >= 11 is 0. The Kier molecular flexibility index (Phi) is 6.76. The summed E-state index contributed by atoms with van der Waals surface area (Å²) < 4.78 is 25.0. The summed E-state index contributed by atoms with van der Waals surface area (Å²) in [5.74, 6) is 2.36. The van der Waals surface area contributed by atoms with E-state index >= 15 is 0 Å². The molecule has 1 fully saturated rings. The number of hydrogen-bond donors (Lipinski definition) is 1. The number of amides is 1. The molecule has 6 heteroatoms. The minimum absolute atomic E-state index is 0.0671. The number of carbonyl (C=O) groups excluding carboxylic acids is 1. The Morgan fingerprint density at radius 3 is 2.87 bits per heavy atom. The lowest BCUT2D eigenvalue weighted by Crippen LogP contribution is -2.28. The topological polar surface area (TPSA) is 50.8 Å². The van der Waals surface area contributed by atoms with Gasteiger partial charge in [0.05, 0.1) is 13.7 Å². The molecule has 1 aliphatic heterocycles. The summed E-state index contributed by atoms with van der Waals surface area (Å²) in [5.41, 5.74) is 3.03. The predicted molar refractivity (Wildman–Crippen MR) is 119 cm³/mol. The van der Waals surface area contributed by atoms with Crippen LogP contribution in [-0.4, -0.2) is 44.2 Å². The Morgan fingerprint density at radius 2 is 2.06 bits per heavy atom. The molecule has 1 saturated carbocycles. The van der Waals surface area contributed by atoms with Crippen LogP contribution in [0.2, 0.25) is 0 Å². The van der Waals surface area contributed by atoms with E-state index in [1.165, 1.54) is 6.07 Å². The standard InChI is InChI=1S/C25H31FN2O3/c1-3-28(16-18-13-21(18)22-14-19(26)7-9-24(22)30-2)11-4-12-31-20-8-5-17-6-10-25(29)27-23(17)15-20/h5,7-9,14-15,18,21H,3-4,6,10-13,16H2,1-2H3,(H,27,29)/t18-,21+/m0/s1. The highest BCUT2D eigenvalue weighted by atomic mass is 19.1. The zero-order valence-electron chi connectivity index (χ0n) is 18.3. The van der Waals surface area contributed by atoms with Gasteiger partial charge in [0, 0.05) is 36.8 Å². The van der Waals surface area contributed by atoms with Gasteiger partial charge in [-0.3, -0.25) is 4.79 Å². The van der Waals surface area contributed by atoms with Crippen molar-refractivity contribution in [3.05, 3.63) is 53.3 Å². The van der Waals surface area contributed by atoms with Crippen LogP contribution < -0.4 is 14.8 Å². The van der Waals surface area contributed by atoms with Crippen molar-refractivity contribution < 1.29 is 18.7 Å². The number of carbonyl (C=O) groups is 1. The molecule has 166 valence electrons. The van der Waals surface area contributed by atoms with E-state index in [0.29, 0.717) is 24.9 Å². The van der Waals surface area contributed by atoms with Crippen LogP contribution in [0.25, 0.3) is 0 Å². The fourth-order valence-electron chi connectivity index (χ4n) is 4.45. The maximum Gasteiger partial charge on any atom is 0.224 e. The minimum Gasteiger partial charge on any atom is -0.496 e. The van der Waals surface area contributed by atoms with Crippen LogP contribution >= 0.6 is 0 Å². The Balaban J connectivity index is 1.23. The molecule has 1 aliphatic carbocycles. The molecule has 31 heavy (non-hydrogen) atoms. The van der Waals surface area contributed by atoms with Crippen LogP contribution in [-0.2, 0) is 11.2 Å². The van der Waals surface area contributed by atoms with Gasteiger partial charge in [-0.2, -0.15) is 0 Å². The first-order valence-electron chi connectivity index (χ1n) is 11.2. The second-order valence-electron chi connectivity index (χ2n) is 8.45. The fraction of sp³-hybridized carbons (Fsp3) is 0.480. The summed E-state index contributed by atoms with van der Waals surface area (Å²) in [6.45, 7) is 5.75. The highest BCUT2D eigenvalue weighted by Crippen LogP contribution is 2.50. The molecule has 4 rings (SSSR count). The Morgan fingerprint density at radius 1 is 1.19 bits per heavy atom. The molecule has 0 saturated heterocycles. The van der Waals surface area contributed by atoms with Gasteiger partial charge in [-0.1, -0.05) is 13.0 Å². The molecule has 2 aromatic rings. The van der Waals surface area contributed by atoms with Crippen LogP contribution in [0.5, 0.6) is 11.5 Å². The normalized spacial score (nSPS) is 19.7. The molecule has 2 aliphatic rings. The Bertz CT molecular complexity index is 933. The van der Waals surface area contributed by atoms with Crippen LogP contribution in [0.15, 0.2) is 36.4 Å². The van der Waals surface area contributed by atoms with Gasteiger partial charge in [0.15, 0.2) is 0 Å². The van der Waals surface area contributed by atoms with E-state index in [1.807, 2.05) is 18.2 Å². The summed E-state index contributed by atoms with van der Waals surface area (Å²) in [7, 11) is 1.64. The smallest absolute Gasteiger partial charge is 0.224 e. The van der Waals surface area contributed by atoms with E-state index in [9.17, 15) is 9.18 Å². The van der Waals surface area contributed by atoms with Gasteiger partial charge >= 0.3 is 0 Å². The van der Waals surface area contributed by atoms with E-state index in [2.05, 4.69) is 17.1 Å². The second-order valence-corrected chi connectivity index (χ2v) is 8.45. The summed E-state index contributed by atoms with van der Waals surface area (Å²) in [5, 5.41) is 2.92. The van der Waals surface area contributed by atoms with Crippen molar-refractivity contribution >= 4 is 11.6 Å². The third kappa shape index (κ3) is 5.37. The summed E-state index contributed by atoms with van der Waals surface area (Å²) in [4.78, 5) is 14.0. The zero-order valence-corrected chi connectivity index (χ0v) is 18.3. The van der Waals surface area contributed by atoms with Crippen LogP contribution in [0.1, 0.15) is 43.2 Å². The molecule has 1 heterocycles. The lowest BCUT2D eigenvalue weighted by Gasteiger charge is -2.21. The van der Waals surface area contributed by atoms with E-state index < -0.39 is 0 Å². The van der Waals surface area contributed by atoms with Crippen molar-refractivity contribution in [1.82, 2.24) is 4.90 Å². The molecular formula is C25H31FN2O3. The van der Waals surface area contributed by atoms with Crippen molar-refractivity contribution in [2.45, 2.75) is 38.5 Å². The average Bonchev–Trinajstić information content (AvgIpc) is 3.54. The van der Waals surface area contributed by atoms with Crippen molar-refractivity contribution in [3.63, 3.8) is 0 Å². The lowest BCUT2D eigenvalue weighted by molar-refractivity contribution is -0.116. The maximum atomic E-state index is 13.7. The molecule has 5 nitrogen and oxygen atoms in total. The first-order chi connectivity index (χ1) is 15.1. The quantitative estimate of drug-likeness (QED) is 0.564. The summed E-state index contributed by atoms with van der Waals surface area (Å²) in [6.07, 6.45) is 3.34. The van der Waals surface area contributed by atoms with Gasteiger partial charge in [0.25, 0.3) is 0 Å². The van der Waals surface area contributed by atoms with E-state index in [4.69, 9.17) is 9.47 Å². The number of rotatable bonds is 10. The van der Waals surface area contributed by atoms with Crippen LogP contribution in [0.4, 0.5) is 10.1 Å². The number of benzene rings is 2. The van der Waals surface area contributed by atoms with E-state index in [-0.39, 0.29) is 11.7 Å². The van der Waals surface area contributed by atoms with Gasteiger partial charge in [0.1, 0.15) is 17.3 Å². The number of nitrogens with zero attached hydrogens (tertiary/aromatic N) is 1. The molecular weight excluding hydrogens is 395 g/mol. The second kappa shape index (κ2) is 9.69. The molecule has 0 aromatic heterocycles. The van der Waals surface area contributed by atoms with Crippen molar-refractivity contribution in [1.29, 1.82) is 0 Å². The van der Waals surface area contributed by atoms with Crippen LogP contribution in [0, 0.1) is 11.7 Å². The van der Waals surface area contributed by atoms with Gasteiger partial charge in [0.2, 0.25) is 5.91 Å². The fourth-order valence-corrected chi connectivity index (χ4v) is 4.45. The van der Waals surface area contributed by atoms with Crippen LogP contribution in [0.3, 0.4) is 0 Å². The molecule has 2 aromatic carbocycles. The van der Waals surface area contributed by atoms with E-state index in [0.717, 1.165) is 67.2 Å². The lowest BCUT2D eigenvalue weighted by atomic mass is 10.0. The van der Waals surface area contributed by atoms with Crippen molar-refractivity contribution in [3.8, 4) is 11.5 Å². The number of aryl methyl sites for hydroxylation is 1. The molecule has 1 amide bonds. The third-order valence-electron chi connectivity index (χ3n) is 6.32. The SMILES string of the molecule is CCN(CCCOc1ccc2c(c1)NC(=O)CC2)C[C@@H]1C[C@H]1c1cc(F)ccc1OC. The van der Waals surface area contributed by atoms with Gasteiger partial charge in [-0.25, -0.2) is 4.39 Å². The predicted octanol–water partition coefficient (Wildman–Crippen LogP) is 4.61. The molecule has 0 spiro atoms. The maximum absolute atomic E-state index is 13.7. The minimum atomic E-state index is -0.201. The molecule has 0 bridgehead atoms. The Labute approximate surface area is 183 Å². The first-order valence-corrected chi connectivity index (χ1v) is 11.2. The average molecular weight is 427 g/mol. The van der Waals surface area contributed by atoms with Crippen molar-refractivity contribution in [2.24, 2.45) is 5.92 Å².